The molecule has 1 atom stereocenters. The highest BCUT2D eigenvalue weighted by atomic mass is 35.5. The summed E-state index contributed by atoms with van der Waals surface area (Å²) in [6, 6.07) is 4.76. The Balaban J connectivity index is 3.35. The summed E-state index contributed by atoms with van der Waals surface area (Å²) in [4.78, 5) is 11.9. The average molecular weight is 310 g/mol. The van der Waals surface area contributed by atoms with Crippen LogP contribution in [-0.4, -0.2) is 17.7 Å². The van der Waals surface area contributed by atoms with Gasteiger partial charge in [-0.2, -0.15) is 13.2 Å². The first-order valence-electron chi connectivity index (χ1n) is 5.73. The molecule has 0 saturated carbocycles. The third kappa shape index (κ3) is 3.43. The summed E-state index contributed by atoms with van der Waals surface area (Å²) in [5, 5.41) is 0.0464. The topological polar surface area (TPSA) is 52.3 Å². The predicted molar refractivity (Wildman–Crippen MR) is 69.2 cm³/mol. The molecule has 1 aromatic carbocycles. The normalized spacial score (nSPS) is 15.6. The molecule has 3 nitrogen and oxygen atoms in total. The van der Waals surface area contributed by atoms with E-state index in [4.69, 9.17) is 22.1 Å². The van der Waals surface area contributed by atoms with Crippen LogP contribution >= 0.6 is 11.6 Å². The summed E-state index contributed by atoms with van der Waals surface area (Å²) >= 11 is 5.66. The van der Waals surface area contributed by atoms with Crippen LogP contribution in [0, 0.1) is 0 Å². The average Bonchev–Trinajstić information content (AvgIpc) is 2.23. The van der Waals surface area contributed by atoms with Crippen LogP contribution in [0.3, 0.4) is 0 Å². The van der Waals surface area contributed by atoms with Gasteiger partial charge < -0.3 is 10.5 Å². The first-order chi connectivity index (χ1) is 8.88. The van der Waals surface area contributed by atoms with Crippen molar-refractivity contribution in [2.24, 2.45) is 5.73 Å². The van der Waals surface area contributed by atoms with Gasteiger partial charge in [0.25, 0.3) is 0 Å². The van der Waals surface area contributed by atoms with Crippen LogP contribution in [0.2, 0.25) is 5.02 Å². The van der Waals surface area contributed by atoms with E-state index in [0.717, 1.165) is 12.1 Å². The second kappa shape index (κ2) is 5.26. The van der Waals surface area contributed by atoms with Crippen LogP contribution in [0.15, 0.2) is 24.3 Å². The van der Waals surface area contributed by atoms with E-state index in [9.17, 15) is 18.0 Å². The fourth-order valence-corrected chi connectivity index (χ4v) is 1.68. The van der Waals surface area contributed by atoms with E-state index in [1.165, 1.54) is 32.9 Å². The van der Waals surface area contributed by atoms with Gasteiger partial charge >= 0.3 is 12.1 Å². The Morgan fingerprint density at radius 2 is 1.80 bits per heavy atom. The maximum absolute atomic E-state index is 13.3. The molecule has 0 aliphatic rings. The second-order valence-electron chi connectivity index (χ2n) is 5.32. The summed E-state index contributed by atoms with van der Waals surface area (Å²) in [5.74, 6) is -1.57. The van der Waals surface area contributed by atoms with Crippen molar-refractivity contribution < 1.29 is 22.7 Å². The lowest BCUT2D eigenvalue weighted by molar-refractivity contribution is -0.214. The molecule has 0 amide bonds. The molecular formula is C13H15ClF3NO2. The summed E-state index contributed by atoms with van der Waals surface area (Å²) in [6.45, 7) is 4.37. The number of carbonyl (C=O) groups excluding carboxylic acids is 1. The number of nitrogens with two attached hydrogens (primary N) is 1. The smallest absolute Gasteiger partial charge is 0.421 e. The molecular weight excluding hydrogens is 295 g/mol. The summed E-state index contributed by atoms with van der Waals surface area (Å²) in [5.41, 5.74) is 0.541. The number of rotatable bonds is 2. The number of alkyl halides is 3. The summed E-state index contributed by atoms with van der Waals surface area (Å²) < 4.78 is 44.6. The Kier molecular flexibility index (Phi) is 4.41. The van der Waals surface area contributed by atoms with E-state index in [1.54, 1.807) is 0 Å². The van der Waals surface area contributed by atoms with E-state index < -0.39 is 28.8 Å². The van der Waals surface area contributed by atoms with Crippen LogP contribution in [0.4, 0.5) is 13.2 Å². The maximum Gasteiger partial charge on any atom is 0.421 e. The minimum absolute atomic E-state index is 0.0464. The third-order valence-corrected chi connectivity index (χ3v) is 2.68. The van der Waals surface area contributed by atoms with Crippen LogP contribution < -0.4 is 5.73 Å². The Morgan fingerprint density at radius 1 is 1.25 bits per heavy atom. The fraction of sp³-hybridized carbons (Fsp3) is 0.462. The van der Waals surface area contributed by atoms with Crippen molar-refractivity contribution in [3.63, 3.8) is 0 Å². The van der Waals surface area contributed by atoms with Crippen molar-refractivity contribution in [3.05, 3.63) is 34.9 Å². The van der Waals surface area contributed by atoms with Gasteiger partial charge in [-0.1, -0.05) is 23.7 Å². The standard InChI is InChI=1S/C13H15ClF3NO2/c1-11(2,3)20-10(19)12(18,13(15,16)17)8-5-4-6-9(14)7-8/h4-7H,18H2,1-3H3. The summed E-state index contributed by atoms with van der Waals surface area (Å²) in [6.07, 6.45) is -5.01. The van der Waals surface area contributed by atoms with E-state index in [2.05, 4.69) is 0 Å². The summed E-state index contributed by atoms with van der Waals surface area (Å²) in [7, 11) is 0. The number of benzene rings is 1. The Hall–Kier alpha value is -1.27. The van der Waals surface area contributed by atoms with Crippen LogP contribution in [0.5, 0.6) is 0 Å². The SMILES string of the molecule is CC(C)(C)OC(=O)C(N)(c1cccc(Cl)c1)C(F)(F)F. The molecule has 0 saturated heterocycles. The van der Waals surface area contributed by atoms with Crippen molar-refractivity contribution in [2.75, 3.05) is 0 Å². The fourth-order valence-electron chi connectivity index (χ4n) is 1.49. The van der Waals surface area contributed by atoms with Crippen molar-refractivity contribution >= 4 is 17.6 Å². The molecule has 0 heterocycles. The van der Waals surface area contributed by atoms with E-state index in [-0.39, 0.29) is 5.02 Å². The van der Waals surface area contributed by atoms with Crippen molar-refractivity contribution in [1.29, 1.82) is 0 Å². The van der Waals surface area contributed by atoms with E-state index >= 15 is 0 Å². The first kappa shape index (κ1) is 16.8. The van der Waals surface area contributed by atoms with Gasteiger partial charge in [0.15, 0.2) is 0 Å². The molecule has 0 radical (unpaired) electrons. The molecule has 0 aliphatic carbocycles. The highest BCUT2D eigenvalue weighted by Crippen LogP contribution is 2.39. The number of ether oxygens (including phenoxy) is 1. The molecule has 0 aromatic heterocycles. The van der Waals surface area contributed by atoms with Gasteiger partial charge in [-0.15, -0.1) is 0 Å². The third-order valence-electron chi connectivity index (χ3n) is 2.45. The molecule has 0 bridgehead atoms. The monoisotopic (exact) mass is 309 g/mol. The molecule has 20 heavy (non-hydrogen) atoms. The molecule has 0 fully saturated rings. The second-order valence-corrected chi connectivity index (χ2v) is 5.75. The van der Waals surface area contributed by atoms with Gasteiger partial charge in [-0.25, -0.2) is 4.79 Å². The first-order valence-corrected chi connectivity index (χ1v) is 6.11. The predicted octanol–water partition coefficient (Wildman–Crippen LogP) is 3.40. The quantitative estimate of drug-likeness (QED) is 0.852. The highest BCUT2D eigenvalue weighted by Gasteiger charge is 2.60. The molecule has 2 N–H and O–H groups in total. The zero-order valence-corrected chi connectivity index (χ0v) is 12.0. The lowest BCUT2D eigenvalue weighted by Crippen LogP contribution is -2.58. The zero-order chi connectivity index (χ0) is 15.8. The van der Waals surface area contributed by atoms with Crippen molar-refractivity contribution in [3.8, 4) is 0 Å². The molecule has 0 aliphatic heterocycles. The Morgan fingerprint density at radius 3 is 2.20 bits per heavy atom. The molecule has 1 rings (SSSR count). The zero-order valence-electron chi connectivity index (χ0n) is 11.2. The van der Waals surface area contributed by atoms with Crippen LogP contribution in [-0.2, 0) is 15.1 Å². The lowest BCUT2D eigenvalue weighted by atomic mass is 9.90. The largest absolute Gasteiger partial charge is 0.458 e. The molecule has 7 heteroatoms. The van der Waals surface area contributed by atoms with Gasteiger partial charge in [-0.3, -0.25) is 0 Å². The maximum atomic E-state index is 13.3. The number of hydrogen-bond donors (Lipinski definition) is 1. The number of halogens is 4. The van der Waals surface area contributed by atoms with Gasteiger partial charge in [0.05, 0.1) is 0 Å². The molecule has 112 valence electrons. The van der Waals surface area contributed by atoms with Crippen molar-refractivity contribution in [2.45, 2.75) is 38.1 Å². The molecule has 0 spiro atoms. The van der Waals surface area contributed by atoms with Gasteiger partial charge in [-0.05, 0) is 38.5 Å². The van der Waals surface area contributed by atoms with E-state index in [1.807, 2.05) is 0 Å². The van der Waals surface area contributed by atoms with Crippen LogP contribution in [0.25, 0.3) is 0 Å². The number of hydrogen-bond acceptors (Lipinski definition) is 3. The van der Waals surface area contributed by atoms with Gasteiger partial charge in [0, 0.05) is 5.02 Å². The number of carbonyl (C=O) groups is 1. The lowest BCUT2D eigenvalue weighted by Gasteiger charge is -2.33. The highest BCUT2D eigenvalue weighted by molar-refractivity contribution is 6.30. The molecule has 1 unspecified atom stereocenters. The Labute approximate surface area is 119 Å². The van der Waals surface area contributed by atoms with Crippen molar-refractivity contribution in [1.82, 2.24) is 0 Å². The van der Waals surface area contributed by atoms with Gasteiger partial charge in [0.1, 0.15) is 5.60 Å². The minimum Gasteiger partial charge on any atom is -0.458 e. The van der Waals surface area contributed by atoms with E-state index in [0.29, 0.717) is 0 Å². The van der Waals surface area contributed by atoms with Gasteiger partial charge in [0.2, 0.25) is 5.54 Å². The minimum atomic E-state index is -5.01. The van der Waals surface area contributed by atoms with Crippen LogP contribution in [0.1, 0.15) is 26.3 Å². The Bertz CT molecular complexity index is 511. The molecule has 1 aromatic rings. The number of esters is 1.